The van der Waals surface area contributed by atoms with Crippen molar-refractivity contribution in [3.8, 4) is 0 Å². The molecular formula is C12H16FN3O2. The highest BCUT2D eigenvalue weighted by Crippen LogP contribution is 2.20. The van der Waals surface area contributed by atoms with Crippen LogP contribution in [0, 0.1) is 11.7 Å². The van der Waals surface area contributed by atoms with Crippen LogP contribution < -0.4 is 5.73 Å². The van der Waals surface area contributed by atoms with Crippen LogP contribution in [0.4, 0.5) is 10.2 Å². The predicted octanol–water partition coefficient (Wildman–Crippen LogP) is 0.647. The number of nitrogen functional groups attached to an aromatic ring is 1. The highest BCUT2D eigenvalue weighted by molar-refractivity contribution is 5.98. The van der Waals surface area contributed by atoms with Crippen molar-refractivity contribution >= 4 is 11.7 Å². The number of likely N-dealkylation sites (tertiary alicyclic amines) is 1. The number of aromatic nitrogens is 1. The molecule has 0 bridgehead atoms. The predicted molar refractivity (Wildman–Crippen MR) is 64.3 cm³/mol. The number of hydrogen-bond donors (Lipinski definition) is 2. The van der Waals surface area contributed by atoms with Crippen LogP contribution in [0.3, 0.4) is 0 Å². The summed E-state index contributed by atoms with van der Waals surface area (Å²) in [6.45, 7) is 1.14. The SMILES string of the molecule is Nc1ncc(F)cc1C(=O)N1CCCC(CO)C1. The molecule has 0 aliphatic carbocycles. The summed E-state index contributed by atoms with van der Waals surface area (Å²) in [6.07, 6.45) is 2.72. The molecule has 1 aliphatic rings. The van der Waals surface area contributed by atoms with E-state index >= 15 is 0 Å². The van der Waals surface area contributed by atoms with Gasteiger partial charge in [0.25, 0.3) is 5.91 Å². The van der Waals surface area contributed by atoms with Gasteiger partial charge in [-0.15, -0.1) is 0 Å². The highest BCUT2D eigenvalue weighted by Gasteiger charge is 2.25. The molecule has 5 nitrogen and oxygen atoms in total. The molecule has 1 amide bonds. The van der Waals surface area contributed by atoms with Gasteiger partial charge in [0, 0.05) is 19.7 Å². The molecule has 1 aliphatic heterocycles. The molecule has 2 heterocycles. The van der Waals surface area contributed by atoms with Crippen molar-refractivity contribution in [1.29, 1.82) is 0 Å². The molecular weight excluding hydrogens is 237 g/mol. The van der Waals surface area contributed by atoms with E-state index in [2.05, 4.69) is 4.98 Å². The van der Waals surface area contributed by atoms with Gasteiger partial charge in [0.1, 0.15) is 11.6 Å². The van der Waals surface area contributed by atoms with Crippen molar-refractivity contribution in [3.63, 3.8) is 0 Å². The summed E-state index contributed by atoms with van der Waals surface area (Å²) in [7, 11) is 0. The maximum Gasteiger partial charge on any atom is 0.257 e. The summed E-state index contributed by atoms with van der Waals surface area (Å²) in [4.78, 5) is 17.4. The van der Waals surface area contributed by atoms with Gasteiger partial charge in [-0.25, -0.2) is 9.37 Å². The highest BCUT2D eigenvalue weighted by atomic mass is 19.1. The zero-order chi connectivity index (χ0) is 13.1. The lowest BCUT2D eigenvalue weighted by Gasteiger charge is -2.32. The summed E-state index contributed by atoms with van der Waals surface area (Å²) in [5.41, 5.74) is 5.68. The van der Waals surface area contributed by atoms with E-state index in [0.29, 0.717) is 13.1 Å². The van der Waals surface area contributed by atoms with Crippen LogP contribution in [0.5, 0.6) is 0 Å². The molecule has 0 spiro atoms. The van der Waals surface area contributed by atoms with Crippen LogP contribution in [0.15, 0.2) is 12.3 Å². The number of hydrogen-bond acceptors (Lipinski definition) is 4. The van der Waals surface area contributed by atoms with Gasteiger partial charge < -0.3 is 15.7 Å². The van der Waals surface area contributed by atoms with Crippen molar-refractivity contribution in [2.75, 3.05) is 25.4 Å². The van der Waals surface area contributed by atoms with E-state index in [1.54, 1.807) is 4.90 Å². The standard InChI is InChI=1S/C12H16FN3O2/c13-9-4-10(11(14)15-5-9)12(18)16-3-1-2-8(6-16)7-17/h4-5,8,17H,1-3,6-7H2,(H2,14,15). The molecule has 1 atom stereocenters. The average molecular weight is 253 g/mol. The smallest absolute Gasteiger partial charge is 0.257 e. The number of carbonyl (C=O) groups is 1. The zero-order valence-electron chi connectivity index (χ0n) is 9.97. The number of amides is 1. The second-order valence-corrected chi connectivity index (χ2v) is 4.53. The third-order valence-electron chi connectivity index (χ3n) is 3.18. The van der Waals surface area contributed by atoms with Crippen LogP contribution in [-0.4, -0.2) is 40.6 Å². The van der Waals surface area contributed by atoms with E-state index in [1.165, 1.54) is 0 Å². The monoisotopic (exact) mass is 253 g/mol. The molecule has 1 aromatic rings. The largest absolute Gasteiger partial charge is 0.396 e. The summed E-state index contributed by atoms with van der Waals surface area (Å²) >= 11 is 0. The number of carbonyl (C=O) groups excluding carboxylic acids is 1. The molecule has 1 unspecified atom stereocenters. The minimum absolute atomic E-state index is 0.0347. The third-order valence-corrected chi connectivity index (χ3v) is 3.18. The first-order valence-electron chi connectivity index (χ1n) is 5.93. The Bertz CT molecular complexity index is 453. The fourth-order valence-electron chi connectivity index (χ4n) is 2.19. The summed E-state index contributed by atoms with van der Waals surface area (Å²) in [5, 5.41) is 9.12. The number of pyridine rings is 1. The fourth-order valence-corrected chi connectivity index (χ4v) is 2.19. The first-order valence-corrected chi connectivity index (χ1v) is 5.93. The number of nitrogens with two attached hydrogens (primary N) is 1. The van der Waals surface area contributed by atoms with Crippen molar-refractivity contribution < 1.29 is 14.3 Å². The minimum atomic E-state index is -0.580. The normalized spacial score (nSPS) is 19.9. The van der Waals surface area contributed by atoms with Gasteiger partial charge in [0.15, 0.2) is 0 Å². The summed E-state index contributed by atoms with van der Waals surface area (Å²) < 4.78 is 13.1. The average Bonchev–Trinajstić information content (AvgIpc) is 2.41. The van der Waals surface area contributed by atoms with Gasteiger partial charge in [0.05, 0.1) is 11.8 Å². The van der Waals surface area contributed by atoms with Gasteiger partial charge in [-0.1, -0.05) is 0 Å². The van der Waals surface area contributed by atoms with Gasteiger partial charge in [0.2, 0.25) is 0 Å². The number of halogens is 1. The number of aliphatic hydroxyl groups excluding tert-OH is 1. The molecule has 2 rings (SSSR count). The number of rotatable bonds is 2. The Morgan fingerprint density at radius 2 is 2.44 bits per heavy atom. The van der Waals surface area contributed by atoms with Crippen molar-refractivity contribution in [2.24, 2.45) is 5.92 Å². The first-order chi connectivity index (χ1) is 8.61. The van der Waals surface area contributed by atoms with Crippen LogP contribution in [0.1, 0.15) is 23.2 Å². The third kappa shape index (κ3) is 2.59. The fraction of sp³-hybridized carbons (Fsp3) is 0.500. The molecule has 0 radical (unpaired) electrons. The van der Waals surface area contributed by atoms with Gasteiger partial charge in [-0.3, -0.25) is 4.79 Å². The lowest BCUT2D eigenvalue weighted by Crippen LogP contribution is -2.41. The first kappa shape index (κ1) is 12.8. The Labute approximate surface area is 104 Å². The van der Waals surface area contributed by atoms with E-state index in [1.807, 2.05) is 0 Å². The Morgan fingerprint density at radius 3 is 3.17 bits per heavy atom. The number of anilines is 1. The Kier molecular flexibility index (Phi) is 3.76. The summed E-state index contributed by atoms with van der Waals surface area (Å²) in [6, 6.07) is 1.10. The molecule has 1 saturated heterocycles. The molecule has 1 fully saturated rings. The molecule has 98 valence electrons. The zero-order valence-corrected chi connectivity index (χ0v) is 9.97. The molecule has 0 saturated carbocycles. The lowest BCUT2D eigenvalue weighted by molar-refractivity contribution is 0.0621. The Balaban J connectivity index is 2.17. The van der Waals surface area contributed by atoms with Crippen LogP contribution >= 0.6 is 0 Å². The van der Waals surface area contributed by atoms with Crippen LogP contribution in [-0.2, 0) is 0 Å². The molecule has 6 heteroatoms. The maximum atomic E-state index is 13.1. The Hall–Kier alpha value is -1.69. The molecule has 3 N–H and O–H groups in total. The maximum absolute atomic E-state index is 13.1. The van der Waals surface area contributed by atoms with E-state index in [0.717, 1.165) is 25.1 Å². The van der Waals surface area contributed by atoms with Gasteiger partial charge >= 0.3 is 0 Å². The molecule has 0 aromatic carbocycles. The lowest BCUT2D eigenvalue weighted by atomic mass is 9.98. The van der Waals surface area contributed by atoms with E-state index < -0.39 is 5.82 Å². The number of nitrogens with zero attached hydrogens (tertiary/aromatic N) is 2. The van der Waals surface area contributed by atoms with Crippen LogP contribution in [0.2, 0.25) is 0 Å². The van der Waals surface area contributed by atoms with E-state index in [-0.39, 0.29) is 29.8 Å². The number of aliphatic hydroxyl groups is 1. The second-order valence-electron chi connectivity index (χ2n) is 4.53. The van der Waals surface area contributed by atoms with Gasteiger partial charge in [-0.05, 0) is 24.8 Å². The van der Waals surface area contributed by atoms with Crippen molar-refractivity contribution in [3.05, 3.63) is 23.6 Å². The van der Waals surface area contributed by atoms with Gasteiger partial charge in [-0.2, -0.15) is 0 Å². The molecule has 1 aromatic heterocycles. The van der Waals surface area contributed by atoms with Crippen molar-refractivity contribution in [2.45, 2.75) is 12.8 Å². The van der Waals surface area contributed by atoms with Crippen LogP contribution in [0.25, 0.3) is 0 Å². The second kappa shape index (κ2) is 5.30. The number of piperidine rings is 1. The van der Waals surface area contributed by atoms with Crippen molar-refractivity contribution in [1.82, 2.24) is 9.88 Å². The Morgan fingerprint density at radius 1 is 1.67 bits per heavy atom. The quantitative estimate of drug-likeness (QED) is 0.811. The topological polar surface area (TPSA) is 79.5 Å². The van der Waals surface area contributed by atoms with E-state index in [4.69, 9.17) is 10.8 Å². The summed E-state index contributed by atoms with van der Waals surface area (Å²) in [5.74, 6) is -0.779. The van der Waals surface area contributed by atoms with E-state index in [9.17, 15) is 9.18 Å². The molecule has 18 heavy (non-hydrogen) atoms. The minimum Gasteiger partial charge on any atom is -0.396 e.